The fourth-order valence-corrected chi connectivity index (χ4v) is 2.16. The van der Waals surface area contributed by atoms with E-state index in [1.54, 1.807) is 0 Å². The Morgan fingerprint density at radius 1 is 0.778 bits per heavy atom. The minimum atomic E-state index is 0.847. The molecule has 0 spiro atoms. The maximum absolute atomic E-state index is 5.91. The molecule has 88 valence electrons. The van der Waals surface area contributed by atoms with E-state index in [0.29, 0.717) is 0 Å². The van der Waals surface area contributed by atoms with Crippen LogP contribution in [0.4, 0.5) is 0 Å². The van der Waals surface area contributed by atoms with Gasteiger partial charge in [0.2, 0.25) is 0 Å². The Kier molecular flexibility index (Phi) is 2.95. The number of para-hydroxylation sites is 1. The Morgan fingerprint density at radius 3 is 2.44 bits per heavy atom. The van der Waals surface area contributed by atoms with Gasteiger partial charge in [-0.3, -0.25) is 0 Å². The monoisotopic (exact) mass is 252 g/mol. The summed E-state index contributed by atoms with van der Waals surface area (Å²) in [4.78, 5) is 0.958. The fourth-order valence-electron chi connectivity index (χ4n) is 1.95. The second-order valence-electron chi connectivity index (χ2n) is 4.08. The van der Waals surface area contributed by atoms with Crippen LogP contribution in [-0.4, -0.2) is 0 Å². The van der Waals surface area contributed by atoms with Crippen LogP contribution >= 0.6 is 12.6 Å². The van der Waals surface area contributed by atoms with Gasteiger partial charge in [-0.05, 0) is 41.8 Å². The van der Waals surface area contributed by atoms with E-state index in [9.17, 15) is 0 Å². The van der Waals surface area contributed by atoms with Gasteiger partial charge in [0.1, 0.15) is 11.5 Å². The summed E-state index contributed by atoms with van der Waals surface area (Å²) < 4.78 is 5.91. The number of fused-ring (bicyclic) bond motifs is 1. The minimum Gasteiger partial charge on any atom is -0.457 e. The highest BCUT2D eigenvalue weighted by atomic mass is 32.1. The maximum Gasteiger partial charge on any atom is 0.135 e. The van der Waals surface area contributed by atoms with Crippen molar-refractivity contribution in [1.82, 2.24) is 0 Å². The second kappa shape index (κ2) is 4.75. The van der Waals surface area contributed by atoms with E-state index < -0.39 is 0 Å². The molecule has 0 unspecified atom stereocenters. The number of benzene rings is 3. The van der Waals surface area contributed by atoms with E-state index in [0.717, 1.165) is 27.2 Å². The zero-order valence-corrected chi connectivity index (χ0v) is 10.6. The van der Waals surface area contributed by atoms with Crippen molar-refractivity contribution in [3.05, 3.63) is 66.7 Å². The molecule has 0 bridgehead atoms. The molecule has 0 aliphatic heterocycles. The molecule has 2 heteroatoms. The molecule has 0 aliphatic rings. The molecule has 0 saturated carbocycles. The Morgan fingerprint density at radius 2 is 1.61 bits per heavy atom. The third-order valence-electron chi connectivity index (χ3n) is 2.80. The topological polar surface area (TPSA) is 9.23 Å². The van der Waals surface area contributed by atoms with Crippen molar-refractivity contribution >= 4 is 23.4 Å². The van der Waals surface area contributed by atoms with Gasteiger partial charge in [-0.1, -0.05) is 30.3 Å². The van der Waals surface area contributed by atoms with E-state index in [2.05, 4.69) is 18.7 Å². The number of hydrogen-bond acceptors (Lipinski definition) is 2. The SMILES string of the molecule is Sc1ccc2c(Oc3ccccc3)cccc2c1. The molecule has 3 rings (SSSR count). The first-order valence-electron chi connectivity index (χ1n) is 5.77. The largest absolute Gasteiger partial charge is 0.457 e. The summed E-state index contributed by atoms with van der Waals surface area (Å²) in [6.45, 7) is 0. The first kappa shape index (κ1) is 11.2. The van der Waals surface area contributed by atoms with E-state index in [1.807, 2.05) is 60.7 Å². The van der Waals surface area contributed by atoms with Crippen molar-refractivity contribution in [3.8, 4) is 11.5 Å². The van der Waals surface area contributed by atoms with Crippen LogP contribution in [0.5, 0.6) is 11.5 Å². The summed E-state index contributed by atoms with van der Waals surface area (Å²) in [5.74, 6) is 1.71. The van der Waals surface area contributed by atoms with Gasteiger partial charge in [0.25, 0.3) is 0 Å². The predicted octanol–water partition coefficient (Wildman–Crippen LogP) is 4.92. The smallest absolute Gasteiger partial charge is 0.135 e. The average molecular weight is 252 g/mol. The van der Waals surface area contributed by atoms with Crippen LogP contribution in [0, 0.1) is 0 Å². The number of hydrogen-bond donors (Lipinski definition) is 1. The molecule has 0 N–H and O–H groups in total. The number of rotatable bonds is 2. The van der Waals surface area contributed by atoms with Crippen LogP contribution < -0.4 is 4.74 Å². The summed E-state index contributed by atoms with van der Waals surface area (Å²) in [7, 11) is 0. The molecular formula is C16H12OS. The molecular weight excluding hydrogens is 240 g/mol. The molecule has 0 amide bonds. The lowest BCUT2D eigenvalue weighted by atomic mass is 10.1. The van der Waals surface area contributed by atoms with Gasteiger partial charge in [-0.2, -0.15) is 0 Å². The highest BCUT2D eigenvalue weighted by Gasteiger charge is 2.03. The van der Waals surface area contributed by atoms with Crippen LogP contribution in [-0.2, 0) is 0 Å². The van der Waals surface area contributed by atoms with Gasteiger partial charge in [-0.25, -0.2) is 0 Å². The average Bonchev–Trinajstić information content (AvgIpc) is 2.40. The molecule has 18 heavy (non-hydrogen) atoms. The third kappa shape index (κ3) is 2.20. The van der Waals surface area contributed by atoms with Gasteiger partial charge in [0.05, 0.1) is 0 Å². The third-order valence-corrected chi connectivity index (χ3v) is 3.07. The van der Waals surface area contributed by atoms with Crippen LogP contribution in [0.1, 0.15) is 0 Å². The Balaban J connectivity index is 2.07. The maximum atomic E-state index is 5.91. The van der Waals surface area contributed by atoms with Crippen molar-refractivity contribution in [2.75, 3.05) is 0 Å². The molecule has 0 atom stereocenters. The predicted molar refractivity (Wildman–Crippen MR) is 77.7 cm³/mol. The van der Waals surface area contributed by atoms with Crippen molar-refractivity contribution in [1.29, 1.82) is 0 Å². The summed E-state index contributed by atoms with van der Waals surface area (Å²) in [6.07, 6.45) is 0. The highest BCUT2D eigenvalue weighted by Crippen LogP contribution is 2.30. The molecule has 1 nitrogen and oxygen atoms in total. The fraction of sp³-hybridized carbons (Fsp3) is 0. The molecule has 3 aromatic rings. The van der Waals surface area contributed by atoms with E-state index >= 15 is 0 Å². The van der Waals surface area contributed by atoms with Gasteiger partial charge < -0.3 is 4.74 Å². The Labute approximate surface area is 111 Å². The Hall–Kier alpha value is -1.93. The summed E-state index contributed by atoms with van der Waals surface area (Å²) in [5, 5.41) is 2.23. The van der Waals surface area contributed by atoms with Crippen molar-refractivity contribution < 1.29 is 4.74 Å². The van der Waals surface area contributed by atoms with Gasteiger partial charge in [0, 0.05) is 10.3 Å². The van der Waals surface area contributed by atoms with Crippen molar-refractivity contribution in [2.45, 2.75) is 4.90 Å². The Bertz CT molecular complexity index is 677. The zero-order valence-electron chi connectivity index (χ0n) is 9.71. The van der Waals surface area contributed by atoms with Gasteiger partial charge in [0.15, 0.2) is 0 Å². The van der Waals surface area contributed by atoms with E-state index in [1.165, 1.54) is 0 Å². The zero-order chi connectivity index (χ0) is 12.4. The van der Waals surface area contributed by atoms with Crippen molar-refractivity contribution in [2.24, 2.45) is 0 Å². The number of ether oxygens (including phenoxy) is 1. The van der Waals surface area contributed by atoms with E-state index in [-0.39, 0.29) is 0 Å². The second-order valence-corrected chi connectivity index (χ2v) is 4.59. The van der Waals surface area contributed by atoms with Crippen LogP contribution in [0.3, 0.4) is 0 Å². The van der Waals surface area contributed by atoms with Crippen LogP contribution in [0.15, 0.2) is 71.6 Å². The molecule has 0 fully saturated rings. The van der Waals surface area contributed by atoms with Crippen molar-refractivity contribution in [3.63, 3.8) is 0 Å². The first-order chi connectivity index (χ1) is 8.83. The van der Waals surface area contributed by atoms with E-state index in [4.69, 9.17) is 4.74 Å². The standard InChI is InChI=1S/C16H12OS/c18-14-9-10-15-12(11-14)5-4-8-16(15)17-13-6-2-1-3-7-13/h1-11,18H. The lowest BCUT2D eigenvalue weighted by Gasteiger charge is -2.09. The van der Waals surface area contributed by atoms with Gasteiger partial charge in [-0.15, -0.1) is 12.6 Å². The molecule has 0 aliphatic carbocycles. The first-order valence-corrected chi connectivity index (χ1v) is 6.22. The molecule has 0 radical (unpaired) electrons. The van der Waals surface area contributed by atoms with Gasteiger partial charge >= 0.3 is 0 Å². The normalized spacial score (nSPS) is 10.5. The quantitative estimate of drug-likeness (QED) is 0.637. The highest BCUT2D eigenvalue weighted by molar-refractivity contribution is 7.80. The molecule has 0 aromatic heterocycles. The molecule has 0 heterocycles. The molecule has 3 aromatic carbocycles. The molecule has 0 saturated heterocycles. The lowest BCUT2D eigenvalue weighted by molar-refractivity contribution is 0.488. The van der Waals surface area contributed by atoms with Crippen LogP contribution in [0.2, 0.25) is 0 Å². The summed E-state index contributed by atoms with van der Waals surface area (Å²) in [6, 6.07) is 21.9. The summed E-state index contributed by atoms with van der Waals surface area (Å²) >= 11 is 4.35. The minimum absolute atomic E-state index is 0.847. The van der Waals surface area contributed by atoms with Crippen LogP contribution in [0.25, 0.3) is 10.8 Å². The summed E-state index contributed by atoms with van der Waals surface area (Å²) in [5.41, 5.74) is 0. The number of thiol groups is 1. The lowest BCUT2D eigenvalue weighted by Crippen LogP contribution is -1.85.